The summed E-state index contributed by atoms with van der Waals surface area (Å²) in [6.45, 7) is 0.122. The summed E-state index contributed by atoms with van der Waals surface area (Å²) in [5, 5.41) is 28.6. The average Bonchev–Trinajstić information content (AvgIpc) is 2.56. The number of phenols is 1. The number of aliphatic hydroxyl groups is 2. The molecule has 0 saturated heterocycles. The second kappa shape index (κ2) is 7.43. The first-order valence-electron chi connectivity index (χ1n) is 6.71. The Balaban J connectivity index is 0.000000155. The molecule has 0 spiro atoms. The van der Waals surface area contributed by atoms with Crippen LogP contribution in [0, 0.1) is 0 Å². The highest BCUT2D eigenvalue weighted by Gasteiger charge is 1.94. The predicted octanol–water partition coefficient (Wildman–Crippen LogP) is 3.22. The Kier molecular flexibility index (Phi) is 5.32. The molecule has 3 nitrogen and oxygen atoms in total. The molecule has 0 unspecified atom stereocenters. The molecule has 0 aliphatic carbocycles. The van der Waals surface area contributed by atoms with Gasteiger partial charge in [0.1, 0.15) is 5.75 Å². The van der Waals surface area contributed by atoms with Crippen LogP contribution in [0.2, 0.25) is 0 Å². The van der Waals surface area contributed by atoms with Crippen molar-refractivity contribution in [1.82, 2.24) is 0 Å². The molecule has 0 heterocycles. The van der Waals surface area contributed by atoms with Gasteiger partial charge in [0.25, 0.3) is 0 Å². The van der Waals surface area contributed by atoms with Crippen molar-refractivity contribution in [1.29, 1.82) is 0 Å². The van der Waals surface area contributed by atoms with E-state index in [1.54, 1.807) is 30.3 Å². The Labute approximate surface area is 123 Å². The van der Waals surface area contributed by atoms with Gasteiger partial charge in [0.05, 0.1) is 13.2 Å². The fourth-order valence-electron chi connectivity index (χ4n) is 1.96. The normalized spacial score (nSPS) is 10.0. The maximum absolute atomic E-state index is 9.37. The Bertz CT molecular complexity index is 662. The Hall–Kier alpha value is -2.36. The number of rotatable bonds is 2. The van der Waals surface area contributed by atoms with Gasteiger partial charge in [0.2, 0.25) is 0 Å². The number of benzene rings is 3. The van der Waals surface area contributed by atoms with Crippen LogP contribution in [0.15, 0.2) is 66.7 Å². The summed E-state index contributed by atoms with van der Waals surface area (Å²) in [7, 11) is 0. The highest BCUT2D eigenvalue weighted by atomic mass is 16.3. The third kappa shape index (κ3) is 4.05. The minimum absolute atomic E-state index is 0.0612. The van der Waals surface area contributed by atoms with E-state index in [2.05, 4.69) is 0 Å². The standard InChI is InChI=1S/C10H8O.C8H10O2/c11-10-7-3-5-8-4-1-2-6-9(8)10;9-5-7-1-2-8(6-10)4-3-7/h1-7,11H;1-4,9-10H,5-6H2. The van der Waals surface area contributed by atoms with E-state index in [1.807, 2.05) is 36.4 Å². The summed E-state index contributed by atoms with van der Waals surface area (Å²) in [4.78, 5) is 0. The number of aliphatic hydroxyl groups excluding tert-OH is 2. The molecule has 3 rings (SSSR count). The quantitative estimate of drug-likeness (QED) is 0.676. The highest BCUT2D eigenvalue weighted by Crippen LogP contribution is 2.22. The van der Waals surface area contributed by atoms with Gasteiger partial charge in [-0.25, -0.2) is 0 Å². The van der Waals surface area contributed by atoms with Crippen molar-refractivity contribution in [2.45, 2.75) is 13.2 Å². The van der Waals surface area contributed by atoms with Crippen LogP contribution in [0.25, 0.3) is 10.8 Å². The van der Waals surface area contributed by atoms with Gasteiger partial charge < -0.3 is 15.3 Å². The molecule has 3 aromatic rings. The van der Waals surface area contributed by atoms with Crippen LogP contribution in [-0.2, 0) is 13.2 Å². The molecule has 3 heteroatoms. The van der Waals surface area contributed by atoms with Gasteiger partial charge in [-0.05, 0) is 22.6 Å². The van der Waals surface area contributed by atoms with Gasteiger partial charge in [-0.2, -0.15) is 0 Å². The van der Waals surface area contributed by atoms with Crippen LogP contribution in [0.5, 0.6) is 5.75 Å². The maximum atomic E-state index is 9.37. The molecule has 0 radical (unpaired) electrons. The van der Waals surface area contributed by atoms with Gasteiger partial charge >= 0.3 is 0 Å². The summed E-state index contributed by atoms with van der Waals surface area (Å²) in [5.41, 5.74) is 1.74. The fraction of sp³-hybridized carbons (Fsp3) is 0.111. The van der Waals surface area contributed by atoms with E-state index in [-0.39, 0.29) is 13.2 Å². The summed E-state index contributed by atoms with van der Waals surface area (Å²) in [6, 6.07) is 20.5. The second-order valence-corrected chi connectivity index (χ2v) is 4.63. The lowest BCUT2D eigenvalue weighted by molar-refractivity contribution is 0.278. The number of hydrogen-bond acceptors (Lipinski definition) is 3. The molecule has 0 aliphatic rings. The minimum Gasteiger partial charge on any atom is -0.507 e. The third-order valence-corrected chi connectivity index (χ3v) is 3.15. The number of phenolic OH excluding ortho intramolecular Hbond substituents is 1. The molecule has 0 aliphatic heterocycles. The van der Waals surface area contributed by atoms with E-state index in [0.29, 0.717) is 5.75 Å². The van der Waals surface area contributed by atoms with E-state index in [4.69, 9.17) is 10.2 Å². The Morgan fingerprint density at radius 3 is 1.67 bits per heavy atom. The maximum Gasteiger partial charge on any atom is 0.123 e. The molecule has 0 bridgehead atoms. The van der Waals surface area contributed by atoms with E-state index in [9.17, 15) is 5.11 Å². The smallest absolute Gasteiger partial charge is 0.123 e. The molecule has 0 atom stereocenters. The van der Waals surface area contributed by atoms with Crippen LogP contribution in [0.1, 0.15) is 11.1 Å². The molecule has 108 valence electrons. The largest absolute Gasteiger partial charge is 0.507 e. The molecular formula is C18H18O3. The first-order chi connectivity index (χ1) is 10.2. The molecule has 21 heavy (non-hydrogen) atoms. The van der Waals surface area contributed by atoms with Gasteiger partial charge in [-0.3, -0.25) is 0 Å². The van der Waals surface area contributed by atoms with Crippen LogP contribution in [-0.4, -0.2) is 15.3 Å². The lowest BCUT2D eigenvalue weighted by Crippen LogP contribution is -1.85. The third-order valence-electron chi connectivity index (χ3n) is 3.15. The summed E-state index contributed by atoms with van der Waals surface area (Å²) in [6.07, 6.45) is 0. The molecule has 3 aromatic carbocycles. The number of hydrogen-bond donors (Lipinski definition) is 3. The van der Waals surface area contributed by atoms with Gasteiger partial charge in [0.15, 0.2) is 0 Å². The predicted molar refractivity (Wildman–Crippen MR) is 83.9 cm³/mol. The van der Waals surface area contributed by atoms with Crippen molar-refractivity contribution >= 4 is 10.8 Å². The van der Waals surface area contributed by atoms with Crippen molar-refractivity contribution in [2.75, 3.05) is 0 Å². The molecule has 0 fully saturated rings. The lowest BCUT2D eigenvalue weighted by Gasteiger charge is -1.97. The van der Waals surface area contributed by atoms with Crippen molar-refractivity contribution in [3.8, 4) is 5.75 Å². The van der Waals surface area contributed by atoms with Crippen LogP contribution >= 0.6 is 0 Å². The summed E-state index contributed by atoms with van der Waals surface area (Å²) >= 11 is 0. The molecular weight excluding hydrogens is 264 g/mol. The summed E-state index contributed by atoms with van der Waals surface area (Å²) < 4.78 is 0. The Morgan fingerprint density at radius 2 is 1.14 bits per heavy atom. The zero-order chi connectivity index (χ0) is 15.1. The summed E-state index contributed by atoms with van der Waals surface area (Å²) in [5.74, 6) is 0.350. The van der Waals surface area contributed by atoms with Crippen molar-refractivity contribution in [3.05, 3.63) is 77.9 Å². The van der Waals surface area contributed by atoms with Crippen molar-refractivity contribution in [2.24, 2.45) is 0 Å². The Morgan fingerprint density at radius 1 is 0.619 bits per heavy atom. The van der Waals surface area contributed by atoms with Gasteiger partial charge in [-0.1, -0.05) is 60.7 Å². The minimum atomic E-state index is 0.0612. The monoisotopic (exact) mass is 282 g/mol. The second-order valence-electron chi connectivity index (χ2n) is 4.63. The molecule has 0 amide bonds. The fourth-order valence-corrected chi connectivity index (χ4v) is 1.96. The van der Waals surface area contributed by atoms with Crippen LogP contribution in [0.3, 0.4) is 0 Å². The SMILES string of the molecule is OCc1ccc(CO)cc1.Oc1cccc2ccccc12. The molecule has 0 saturated carbocycles. The van der Waals surface area contributed by atoms with Crippen molar-refractivity contribution < 1.29 is 15.3 Å². The highest BCUT2D eigenvalue weighted by molar-refractivity contribution is 5.87. The zero-order valence-corrected chi connectivity index (χ0v) is 11.6. The lowest BCUT2D eigenvalue weighted by atomic mass is 10.1. The van der Waals surface area contributed by atoms with Crippen LogP contribution < -0.4 is 0 Å². The van der Waals surface area contributed by atoms with Crippen LogP contribution in [0.4, 0.5) is 0 Å². The van der Waals surface area contributed by atoms with E-state index >= 15 is 0 Å². The first-order valence-corrected chi connectivity index (χ1v) is 6.71. The topological polar surface area (TPSA) is 60.7 Å². The van der Waals surface area contributed by atoms with Gasteiger partial charge in [0, 0.05) is 5.39 Å². The molecule has 3 N–H and O–H groups in total. The van der Waals surface area contributed by atoms with E-state index in [0.717, 1.165) is 21.9 Å². The molecule has 0 aromatic heterocycles. The zero-order valence-electron chi connectivity index (χ0n) is 11.6. The average molecular weight is 282 g/mol. The van der Waals surface area contributed by atoms with E-state index < -0.39 is 0 Å². The van der Waals surface area contributed by atoms with Crippen molar-refractivity contribution in [3.63, 3.8) is 0 Å². The van der Waals surface area contributed by atoms with Gasteiger partial charge in [-0.15, -0.1) is 0 Å². The number of fused-ring (bicyclic) bond motifs is 1. The van der Waals surface area contributed by atoms with E-state index in [1.165, 1.54) is 0 Å². The first kappa shape index (κ1) is 15.0. The number of aromatic hydroxyl groups is 1.